The van der Waals surface area contributed by atoms with Gasteiger partial charge in [-0.1, -0.05) is 61.7 Å². The molecule has 1 amide bonds. The first-order valence-corrected chi connectivity index (χ1v) is 15.3. The van der Waals surface area contributed by atoms with Crippen molar-refractivity contribution in [2.45, 2.75) is 57.6 Å². The standard InChI is InChI=1S/C33H38N2O4S/c1-22-8-6-7-11-26(22)29-20-23(13-15-28(29)32(37)35-30(33(38)39)17-19-40-2)12-14-25-21-34-18-16-27(25)31(36)24-9-4-3-5-10-24/h6-8,11-16,18,20-21,24,30-31,36H,3-5,9-10,17,19H2,1-2H3,(H,35,37)(H,38,39)/t30-,31?/m0/s1. The Hall–Kier alpha value is -3.42. The summed E-state index contributed by atoms with van der Waals surface area (Å²) in [5, 5.41) is 23.5. The van der Waals surface area contributed by atoms with Crippen LogP contribution in [0.15, 0.2) is 60.9 Å². The zero-order valence-electron chi connectivity index (χ0n) is 23.2. The maximum absolute atomic E-state index is 13.4. The first-order valence-electron chi connectivity index (χ1n) is 13.9. The number of carbonyl (C=O) groups excluding carboxylic acids is 1. The Morgan fingerprint density at radius 2 is 1.85 bits per heavy atom. The van der Waals surface area contributed by atoms with Crippen molar-refractivity contribution >= 4 is 35.8 Å². The molecule has 1 unspecified atom stereocenters. The minimum Gasteiger partial charge on any atom is -0.480 e. The van der Waals surface area contributed by atoms with Crippen molar-refractivity contribution in [3.63, 3.8) is 0 Å². The predicted octanol–water partition coefficient (Wildman–Crippen LogP) is 6.78. The van der Waals surface area contributed by atoms with Crippen LogP contribution in [0.5, 0.6) is 0 Å². The summed E-state index contributed by atoms with van der Waals surface area (Å²) in [6, 6.07) is 14.4. The van der Waals surface area contributed by atoms with E-state index in [9.17, 15) is 19.8 Å². The molecule has 0 radical (unpaired) electrons. The summed E-state index contributed by atoms with van der Waals surface area (Å²) in [5.41, 5.74) is 5.73. The molecular formula is C33H38N2O4S. The largest absolute Gasteiger partial charge is 0.480 e. The van der Waals surface area contributed by atoms with Crippen molar-refractivity contribution < 1.29 is 19.8 Å². The number of aliphatic carboxylic acids is 1. The predicted molar refractivity (Wildman–Crippen MR) is 163 cm³/mol. The van der Waals surface area contributed by atoms with Gasteiger partial charge in [-0.05, 0) is 95.7 Å². The number of carboxylic acid groups (broad SMARTS) is 1. The Morgan fingerprint density at radius 1 is 1.07 bits per heavy atom. The van der Waals surface area contributed by atoms with Gasteiger partial charge in [-0.2, -0.15) is 11.8 Å². The number of aryl methyl sites for hydroxylation is 1. The van der Waals surface area contributed by atoms with E-state index in [2.05, 4.69) is 10.3 Å². The maximum Gasteiger partial charge on any atom is 0.326 e. The third-order valence-corrected chi connectivity index (χ3v) is 8.34. The number of aromatic nitrogens is 1. The smallest absolute Gasteiger partial charge is 0.326 e. The third-order valence-electron chi connectivity index (χ3n) is 7.70. The summed E-state index contributed by atoms with van der Waals surface area (Å²) < 4.78 is 0. The van der Waals surface area contributed by atoms with Crippen LogP contribution in [-0.4, -0.2) is 45.1 Å². The van der Waals surface area contributed by atoms with Crippen molar-refractivity contribution in [1.82, 2.24) is 10.3 Å². The highest BCUT2D eigenvalue weighted by Gasteiger charge is 2.25. The lowest BCUT2D eigenvalue weighted by Gasteiger charge is -2.27. The van der Waals surface area contributed by atoms with Crippen LogP contribution in [0.1, 0.15) is 77.2 Å². The van der Waals surface area contributed by atoms with Crippen LogP contribution in [0.25, 0.3) is 23.3 Å². The molecule has 7 heteroatoms. The van der Waals surface area contributed by atoms with Gasteiger partial charge in [0.15, 0.2) is 0 Å². The number of aliphatic hydroxyl groups is 1. The molecule has 2 atom stereocenters. The molecule has 2 aromatic carbocycles. The normalized spacial score (nSPS) is 15.6. The lowest BCUT2D eigenvalue weighted by Crippen LogP contribution is -2.41. The number of carbonyl (C=O) groups is 2. The Kier molecular flexibility index (Phi) is 10.6. The van der Waals surface area contributed by atoms with Gasteiger partial charge in [0.1, 0.15) is 6.04 Å². The molecule has 1 aliphatic rings. The number of hydrogen-bond acceptors (Lipinski definition) is 5. The minimum atomic E-state index is -1.04. The summed E-state index contributed by atoms with van der Waals surface area (Å²) >= 11 is 1.55. The minimum absolute atomic E-state index is 0.263. The number of aliphatic hydroxyl groups excluding tert-OH is 1. The lowest BCUT2D eigenvalue weighted by molar-refractivity contribution is -0.139. The van der Waals surface area contributed by atoms with Crippen LogP contribution in [0.4, 0.5) is 0 Å². The molecule has 210 valence electrons. The molecule has 1 heterocycles. The number of carboxylic acids is 1. The van der Waals surface area contributed by atoms with E-state index in [1.54, 1.807) is 30.2 Å². The molecule has 1 fully saturated rings. The average Bonchev–Trinajstić information content (AvgIpc) is 2.98. The van der Waals surface area contributed by atoms with Crippen molar-refractivity contribution in [2.75, 3.05) is 12.0 Å². The van der Waals surface area contributed by atoms with E-state index in [1.807, 2.05) is 67.8 Å². The average molecular weight is 559 g/mol. The van der Waals surface area contributed by atoms with Crippen molar-refractivity contribution in [1.29, 1.82) is 0 Å². The quantitative estimate of drug-likeness (QED) is 0.240. The Bertz CT molecular complexity index is 1350. The monoisotopic (exact) mass is 558 g/mol. The van der Waals surface area contributed by atoms with Crippen molar-refractivity contribution in [3.8, 4) is 11.1 Å². The van der Waals surface area contributed by atoms with Gasteiger partial charge in [0.05, 0.1) is 6.10 Å². The molecular weight excluding hydrogens is 520 g/mol. The van der Waals surface area contributed by atoms with E-state index in [0.717, 1.165) is 59.1 Å². The molecule has 3 aromatic rings. The lowest BCUT2D eigenvalue weighted by atomic mass is 9.82. The second-order valence-electron chi connectivity index (χ2n) is 10.4. The van der Waals surface area contributed by atoms with E-state index in [4.69, 9.17) is 0 Å². The summed E-state index contributed by atoms with van der Waals surface area (Å²) in [6.45, 7) is 1.99. The van der Waals surface area contributed by atoms with Gasteiger partial charge in [0.25, 0.3) is 5.91 Å². The zero-order valence-corrected chi connectivity index (χ0v) is 24.0. The van der Waals surface area contributed by atoms with Gasteiger partial charge in [-0.15, -0.1) is 0 Å². The van der Waals surface area contributed by atoms with Gasteiger partial charge >= 0.3 is 5.97 Å². The Labute approximate surface area is 240 Å². The Balaban J connectivity index is 1.66. The molecule has 0 bridgehead atoms. The van der Waals surface area contributed by atoms with Gasteiger partial charge in [-0.3, -0.25) is 9.78 Å². The number of amides is 1. The maximum atomic E-state index is 13.4. The number of benzene rings is 2. The Morgan fingerprint density at radius 3 is 2.58 bits per heavy atom. The number of pyridine rings is 1. The summed E-state index contributed by atoms with van der Waals surface area (Å²) in [5.74, 6) is -0.550. The van der Waals surface area contributed by atoms with Crippen molar-refractivity contribution in [3.05, 3.63) is 88.7 Å². The number of nitrogens with one attached hydrogen (secondary N) is 1. The summed E-state index contributed by atoms with van der Waals surface area (Å²) in [6.07, 6.45) is 14.8. The number of nitrogens with zero attached hydrogens (tertiary/aromatic N) is 1. The molecule has 6 nitrogen and oxygen atoms in total. The van der Waals surface area contributed by atoms with Gasteiger partial charge in [0.2, 0.25) is 0 Å². The van der Waals surface area contributed by atoms with E-state index in [0.29, 0.717) is 17.7 Å². The van der Waals surface area contributed by atoms with Gasteiger partial charge in [0, 0.05) is 18.0 Å². The highest BCUT2D eigenvalue weighted by atomic mass is 32.2. The van der Waals surface area contributed by atoms with Crippen LogP contribution in [0, 0.1) is 12.8 Å². The topological polar surface area (TPSA) is 99.5 Å². The fraction of sp³-hybridized carbons (Fsp3) is 0.364. The second-order valence-corrected chi connectivity index (χ2v) is 11.4. The zero-order chi connectivity index (χ0) is 28.5. The highest BCUT2D eigenvalue weighted by molar-refractivity contribution is 7.98. The van der Waals surface area contributed by atoms with Gasteiger partial charge < -0.3 is 15.5 Å². The van der Waals surface area contributed by atoms with E-state index < -0.39 is 24.0 Å². The molecule has 0 spiro atoms. The second kappa shape index (κ2) is 14.3. The number of thioether (sulfide) groups is 1. The SMILES string of the molecule is CSCC[C@H](NC(=O)c1ccc(C=Cc2cnccc2C(O)C2CCCCC2)cc1-c1ccccc1C)C(=O)O. The van der Waals surface area contributed by atoms with Crippen LogP contribution >= 0.6 is 11.8 Å². The molecule has 1 aromatic heterocycles. The number of rotatable bonds is 11. The van der Waals surface area contributed by atoms with Crippen molar-refractivity contribution in [2.24, 2.45) is 5.92 Å². The molecule has 4 rings (SSSR count). The van der Waals surface area contributed by atoms with Crippen LogP contribution < -0.4 is 5.32 Å². The van der Waals surface area contributed by atoms with Crippen LogP contribution in [-0.2, 0) is 4.79 Å². The molecule has 3 N–H and O–H groups in total. The van der Waals surface area contributed by atoms with Crippen LogP contribution in [0.2, 0.25) is 0 Å². The first-order chi connectivity index (χ1) is 19.4. The molecule has 1 saturated carbocycles. The first kappa shape index (κ1) is 29.6. The molecule has 40 heavy (non-hydrogen) atoms. The third kappa shape index (κ3) is 7.40. The van der Waals surface area contributed by atoms with Gasteiger partial charge in [-0.25, -0.2) is 4.79 Å². The fourth-order valence-electron chi connectivity index (χ4n) is 5.41. The molecule has 0 saturated heterocycles. The fourth-order valence-corrected chi connectivity index (χ4v) is 5.88. The highest BCUT2D eigenvalue weighted by Crippen LogP contribution is 2.36. The number of hydrogen-bond donors (Lipinski definition) is 3. The summed E-state index contributed by atoms with van der Waals surface area (Å²) in [7, 11) is 0. The van der Waals surface area contributed by atoms with E-state index in [1.165, 1.54) is 6.42 Å². The van der Waals surface area contributed by atoms with E-state index in [-0.39, 0.29) is 5.92 Å². The van der Waals surface area contributed by atoms with E-state index >= 15 is 0 Å². The van der Waals surface area contributed by atoms with Crippen LogP contribution in [0.3, 0.4) is 0 Å². The summed E-state index contributed by atoms with van der Waals surface area (Å²) in [4.78, 5) is 29.4. The molecule has 0 aliphatic heterocycles. The molecule has 1 aliphatic carbocycles.